The Bertz CT molecular complexity index is 490. The van der Waals surface area contributed by atoms with Gasteiger partial charge in [0, 0.05) is 29.6 Å². The first kappa shape index (κ1) is 12.0. The van der Waals surface area contributed by atoms with Crippen molar-refractivity contribution in [2.45, 2.75) is 31.3 Å². The van der Waals surface area contributed by atoms with Gasteiger partial charge in [-0.1, -0.05) is 15.9 Å². The number of hydrogen-bond acceptors (Lipinski definition) is 3. The Balaban J connectivity index is 1.67. The van der Waals surface area contributed by atoms with Gasteiger partial charge in [-0.15, -0.1) is 0 Å². The fourth-order valence-corrected chi connectivity index (χ4v) is 2.99. The maximum absolute atomic E-state index is 9.15. The summed E-state index contributed by atoms with van der Waals surface area (Å²) >= 11 is 3.40. The molecule has 1 aliphatic carbocycles. The van der Waals surface area contributed by atoms with Crippen molar-refractivity contribution < 1.29 is 0 Å². The number of benzene rings is 1. The highest BCUT2D eigenvalue weighted by Crippen LogP contribution is 2.31. The number of hydrogen-bond donors (Lipinski definition) is 1. The molecule has 1 atom stereocenters. The summed E-state index contributed by atoms with van der Waals surface area (Å²) < 4.78 is 0.954. The van der Waals surface area contributed by atoms with E-state index in [1.165, 1.54) is 25.8 Å². The highest BCUT2D eigenvalue weighted by Gasteiger charge is 2.34. The van der Waals surface area contributed by atoms with E-state index in [1.54, 1.807) is 0 Å². The molecule has 0 radical (unpaired) electrons. The van der Waals surface area contributed by atoms with E-state index in [4.69, 9.17) is 5.26 Å². The number of likely N-dealkylation sites (tertiary alicyclic amines) is 1. The molecule has 0 spiro atoms. The minimum Gasteiger partial charge on any atom is -0.380 e. The van der Waals surface area contributed by atoms with Crippen molar-refractivity contribution in [3.8, 4) is 6.07 Å². The van der Waals surface area contributed by atoms with E-state index in [2.05, 4.69) is 32.2 Å². The molecule has 3 rings (SSSR count). The van der Waals surface area contributed by atoms with E-state index in [0.29, 0.717) is 11.6 Å². The highest BCUT2D eigenvalue weighted by molar-refractivity contribution is 9.10. The molecule has 2 fully saturated rings. The molecule has 1 aromatic rings. The zero-order valence-corrected chi connectivity index (χ0v) is 11.8. The maximum atomic E-state index is 9.15. The Kier molecular flexibility index (Phi) is 3.27. The Morgan fingerprint density at radius 2 is 2.17 bits per heavy atom. The molecule has 3 nitrogen and oxygen atoms in total. The lowest BCUT2D eigenvalue weighted by Crippen LogP contribution is -2.27. The summed E-state index contributed by atoms with van der Waals surface area (Å²) in [5.41, 5.74) is 1.68. The van der Waals surface area contributed by atoms with Crippen LogP contribution in [0.3, 0.4) is 0 Å². The van der Waals surface area contributed by atoms with Crippen molar-refractivity contribution in [3.63, 3.8) is 0 Å². The second-order valence-electron chi connectivity index (χ2n) is 5.16. The Morgan fingerprint density at radius 3 is 2.89 bits per heavy atom. The average molecular weight is 306 g/mol. The summed E-state index contributed by atoms with van der Waals surface area (Å²) in [4.78, 5) is 2.57. The quantitative estimate of drug-likeness (QED) is 0.933. The Labute approximate surface area is 116 Å². The van der Waals surface area contributed by atoms with Crippen molar-refractivity contribution in [3.05, 3.63) is 28.2 Å². The van der Waals surface area contributed by atoms with Crippen molar-refractivity contribution in [2.24, 2.45) is 0 Å². The predicted octanol–water partition coefficient (Wildman–Crippen LogP) is 2.97. The first-order valence-corrected chi connectivity index (χ1v) is 7.26. The number of anilines is 1. The smallest absolute Gasteiger partial charge is 0.101 e. The molecule has 0 aromatic heterocycles. The summed E-state index contributed by atoms with van der Waals surface area (Å²) in [6.45, 7) is 2.31. The van der Waals surface area contributed by atoms with Crippen LogP contribution in [0.25, 0.3) is 0 Å². The summed E-state index contributed by atoms with van der Waals surface area (Å²) in [6, 6.07) is 9.42. The van der Waals surface area contributed by atoms with Crippen molar-refractivity contribution in [1.29, 1.82) is 5.26 Å². The van der Waals surface area contributed by atoms with Gasteiger partial charge in [0.1, 0.15) is 6.07 Å². The van der Waals surface area contributed by atoms with Gasteiger partial charge >= 0.3 is 0 Å². The first-order chi connectivity index (χ1) is 8.76. The average Bonchev–Trinajstić information content (AvgIpc) is 3.12. The number of halogens is 1. The topological polar surface area (TPSA) is 39.1 Å². The van der Waals surface area contributed by atoms with Crippen molar-refractivity contribution >= 4 is 21.6 Å². The van der Waals surface area contributed by atoms with Gasteiger partial charge in [-0.2, -0.15) is 5.26 Å². The number of nitrogens with zero attached hydrogens (tertiary/aromatic N) is 2. The minimum absolute atomic E-state index is 0.485. The van der Waals surface area contributed by atoms with Crippen molar-refractivity contribution in [1.82, 2.24) is 4.90 Å². The zero-order chi connectivity index (χ0) is 12.5. The van der Waals surface area contributed by atoms with Crippen LogP contribution in [0.15, 0.2) is 22.7 Å². The number of nitrogens with one attached hydrogen (secondary N) is 1. The van der Waals surface area contributed by atoms with Crippen LogP contribution in [0.1, 0.15) is 24.8 Å². The third kappa shape index (κ3) is 2.52. The largest absolute Gasteiger partial charge is 0.380 e. The van der Waals surface area contributed by atoms with Gasteiger partial charge in [0.25, 0.3) is 0 Å². The predicted molar refractivity (Wildman–Crippen MR) is 75.5 cm³/mol. The summed E-state index contributed by atoms with van der Waals surface area (Å²) in [6.07, 6.45) is 3.92. The van der Waals surface area contributed by atoms with Crippen LogP contribution in [0.4, 0.5) is 5.69 Å². The second kappa shape index (κ2) is 4.91. The molecule has 18 heavy (non-hydrogen) atoms. The van der Waals surface area contributed by atoms with Gasteiger partial charge in [-0.25, -0.2) is 0 Å². The number of nitriles is 1. The minimum atomic E-state index is 0.485. The van der Waals surface area contributed by atoms with Gasteiger partial charge in [-0.3, -0.25) is 4.90 Å². The standard InChI is InChI=1S/C14H16BrN3/c15-11-1-4-14(10(7-11)8-16)17-12-5-6-18(9-12)13-2-3-13/h1,4,7,12-13,17H,2-3,5-6,9H2. The third-order valence-corrected chi connectivity index (χ3v) is 4.24. The number of rotatable bonds is 3. The lowest BCUT2D eigenvalue weighted by Gasteiger charge is -2.17. The van der Waals surface area contributed by atoms with Gasteiger partial charge in [0.2, 0.25) is 0 Å². The van der Waals surface area contributed by atoms with Gasteiger partial charge in [0.15, 0.2) is 0 Å². The summed E-state index contributed by atoms with van der Waals surface area (Å²) in [5.74, 6) is 0. The van der Waals surface area contributed by atoms with Crippen LogP contribution in [0.5, 0.6) is 0 Å². The normalized spacial score (nSPS) is 23.9. The molecule has 0 bridgehead atoms. The maximum Gasteiger partial charge on any atom is 0.101 e. The lowest BCUT2D eigenvalue weighted by atomic mass is 10.1. The molecule has 1 N–H and O–H groups in total. The Hall–Kier alpha value is -1.05. The molecule has 0 amide bonds. The SMILES string of the molecule is N#Cc1cc(Br)ccc1NC1CCN(C2CC2)C1. The van der Waals surface area contributed by atoms with E-state index in [9.17, 15) is 0 Å². The molecule has 1 heterocycles. The van der Waals surface area contributed by atoms with Crippen LogP contribution in [-0.2, 0) is 0 Å². The molecule has 94 valence electrons. The highest BCUT2D eigenvalue weighted by atomic mass is 79.9. The molecule has 1 unspecified atom stereocenters. The van der Waals surface area contributed by atoms with E-state index in [1.807, 2.05) is 18.2 Å². The van der Waals surface area contributed by atoms with Crippen LogP contribution in [0.2, 0.25) is 0 Å². The molecule has 1 saturated heterocycles. The Morgan fingerprint density at radius 1 is 1.33 bits per heavy atom. The van der Waals surface area contributed by atoms with E-state index >= 15 is 0 Å². The van der Waals surface area contributed by atoms with E-state index in [0.717, 1.165) is 22.7 Å². The van der Waals surface area contributed by atoms with Crippen LogP contribution >= 0.6 is 15.9 Å². The molecule has 4 heteroatoms. The van der Waals surface area contributed by atoms with E-state index in [-0.39, 0.29) is 0 Å². The van der Waals surface area contributed by atoms with Gasteiger partial charge in [-0.05, 0) is 37.5 Å². The monoisotopic (exact) mass is 305 g/mol. The molecule has 2 aliphatic rings. The fraction of sp³-hybridized carbons (Fsp3) is 0.500. The van der Waals surface area contributed by atoms with E-state index < -0.39 is 0 Å². The van der Waals surface area contributed by atoms with Crippen molar-refractivity contribution in [2.75, 3.05) is 18.4 Å². The van der Waals surface area contributed by atoms with Crippen LogP contribution in [0, 0.1) is 11.3 Å². The summed E-state index contributed by atoms with van der Waals surface area (Å²) in [7, 11) is 0. The molecule has 1 aromatic carbocycles. The van der Waals surface area contributed by atoms with Crippen LogP contribution < -0.4 is 5.32 Å². The van der Waals surface area contributed by atoms with Gasteiger partial charge < -0.3 is 5.32 Å². The third-order valence-electron chi connectivity index (χ3n) is 3.74. The van der Waals surface area contributed by atoms with Gasteiger partial charge in [0.05, 0.1) is 11.3 Å². The molecular weight excluding hydrogens is 290 g/mol. The van der Waals surface area contributed by atoms with Crippen LogP contribution in [-0.4, -0.2) is 30.1 Å². The fourth-order valence-electron chi connectivity index (χ4n) is 2.63. The molecule has 1 saturated carbocycles. The second-order valence-corrected chi connectivity index (χ2v) is 6.07. The first-order valence-electron chi connectivity index (χ1n) is 6.46. The summed E-state index contributed by atoms with van der Waals surface area (Å²) in [5, 5.41) is 12.7. The molecular formula is C14H16BrN3. The zero-order valence-electron chi connectivity index (χ0n) is 10.2. The lowest BCUT2D eigenvalue weighted by molar-refractivity contribution is 0.326. The molecule has 1 aliphatic heterocycles.